The van der Waals surface area contributed by atoms with Gasteiger partial charge in [-0.15, -0.1) is 0 Å². The highest BCUT2D eigenvalue weighted by Gasteiger charge is 2.14. The summed E-state index contributed by atoms with van der Waals surface area (Å²) in [6.07, 6.45) is 2.23. The first-order valence-electron chi connectivity index (χ1n) is 9.42. The summed E-state index contributed by atoms with van der Waals surface area (Å²) < 4.78 is 5.81. The maximum Gasteiger partial charge on any atom is 0.119 e. The Morgan fingerprint density at radius 1 is 0.852 bits per heavy atom. The number of hydrogen-bond acceptors (Lipinski definition) is 2. The first kappa shape index (κ1) is 17.7. The third-order valence-electron chi connectivity index (χ3n) is 4.53. The molecule has 27 heavy (non-hydrogen) atoms. The van der Waals surface area contributed by atoms with Gasteiger partial charge in [-0.1, -0.05) is 61.5 Å². The number of para-hydroxylation sites is 1. The molecule has 0 unspecified atom stereocenters. The molecule has 0 bridgehead atoms. The second-order valence-corrected chi connectivity index (χ2v) is 7.60. The molecule has 1 aromatic heterocycles. The maximum atomic E-state index is 5.81. The molecule has 0 fully saturated rings. The lowest BCUT2D eigenvalue weighted by atomic mass is 10.1. The first-order valence-corrected chi connectivity index (χ1v) is 10.2. The number of nitrogens with one attached hydrogen (secondary N) is 1. The first-order chi connectivity index (χ1) is 13.3. The third-order valence-corrected chi connectivity index (χ3v) is 5.67. The highest BCUT2D eigenvalue weighted by Crippen LogP contribution is 2.41. The van der Waals surface area contributed by atoms with Crippen LogP contribution in [-0.2, 0) is 0 Å². The van der Waals surface area contributed by atoms with Crippen LogP contribution >= 0.6 is 11.8 Å². The van der Waals surface area contributed by atoms with E-state index in [0.29, 0.717) is 0 Å². The minimum atomic E-state index is 0.775. The molecule has 136 valence electrons. The van der Waals surface area contributed by atoms with Gasteiger partial charge in [-0.3, -0.25) is 0 Å². The van der Waals surface area contributed by atoms with Gasteiger partial charge in [0.2, 0.25) is 0 Å². The molecule has 0 radical (unpaired) electrons. The average molecular weight is 374 g/mol. The second kappa shape index (κ2) is 8.36. The lowest BCUT2D eigenvalue weighted by Gasteiger charge is -2.08. The topological polar surface area (TPSA) is 25.0 Å². The van der Waals surface area contributed by atoms with Gasteiger partial charge in [-0.05, 0) is 54.4 Å². The number of rotatable bonds is 7. The van der Waals surface area contributed by atoms with Gasteiger partial charge in [0.15, 0.2) is 0 Å². The van der Waals surface area contributed by atoms with E-state index in [0.717, 1.165) is 36.4 Å². The van der Waals surface area contributed by atoms with Crippen molar-refractivity contribution < 1.29 is 4.74 Å². The number of ether oxygens (including phenoxy) is 1. The van der Waals surface area contributed by atoms with Crippen LogP contribution in [0.25, 0.3) is 22.2 Å². The Balaban J connectivity index is 1.69. The van der Waals surface area contributed by atoms with Crippen LogP contribution in [0.4, 0.5) is 0 Å². The molecule has 2 nitrogen and oxygen atoms in total. The molecular formula is C24H23NOS. The second-order valence-electron chi connectivity index (χ2n) is 6.52. The molecule has 0 amide bonds. The van der Waals surface area contributed by atoms with Crippen molar-refractivity contribution in [2.24, 2.45) is 0 Å². The molecule has 0 aliphatic carbocycles. The SMILES string of the molecule is CCCCOc1ccc(-c2[nH]c3ccccc3c2Sc2ccccc2)cc1. The van der Waals surface area contributed by atoms with Crippen LogP contribution in [0.15, 0.2) is 88.7 Å². The zero-order valence-electron chi connectivity index (χ0n) is 15.4. The summed E-state index contributed by atoms with van der Waals surface area (Å²) in [4.78, 5) is 6.11. The van der Waals surface area contributed by atoms with Crippen molar-refractivity contribution in [3.8, 4) is 17.0 Å². The van der Waals surface area contributed by atoms with Gasteiger partial charge in [0.05, 0.1) is 12.3 Å². The van der Waals surface area contributed by atoms with E-state index in [-0.39, 0.29) is 0 Å². The summed E-state index contributed by atoms with van der Waals surface area (Å²) >= 11 is 1.80. The van der Waals surface area contributed by atoms with Crippen LogP contribution in [0.3, 0.4) is 0 Å². The molecule has 1 N–H and O–H groups in total. The van der Waals surface area contributed by atoms with E-state index in [4.69, 9.17) is 4.74 Å². The standard InChI is InChI=1S/C24H23NOS/c1-2-3-17-26-19-15-13-18(14-16-19)23-24(27-20-9-5-4-6-10-20)21-11-7-8-12-22(21)25-23/h4-16,25H,2-3,17H2,1H3. The molecule has 3 aromatic carbocycles. The molecule has 0 saturated heterocycles. The Bertz CT molecular complexity index is 1010. The lowest BCUT2D eigenvalue weighted by Crippen LogP contribution is -1.96. The molecule has 1 heterocycles. The van der Waals surface area contributed by atoms with Gasteiger partial charge in [0, 0.05) is 20.7 Å². The monoisotopic (exact) mass is 373 g/mol. The fourth-order valence-corrected chi connectivity index (χ4v) is 4.17. The van der Waals surface area contributed by atoms with Crippen molar-refractivity contribution >= 4 is 22.7 Å². The minimum absolute atomic E-state index is 0.775. The lowest BCUT2D eigenvalue weighted by molar-refractivity contribution is 0.309. The van der Waals surface area contributed by atoms with Crippen molar-refractivity contribution in [2.45, 2.75) is 29.6 Å². The largest absolute Gasteiger partial charge is 0.494 e. The van der Waals surface area contributed by atoms with Crippen molar-refractivity contribution in [3.63, 3.8) is 0 Å². The molecule has 0 aliphatic heterocycles. The quantitative estimate of drug-likeness (QED) is 0.347. The number of benzene rings is 3. The minimum Gasteiger partial charge on any atom is -0.494 e. The van der Waals surface area contributed by atoms with Crippen LogP contribution in [0, 0.1) is 0 Å². The summed E-state index contributed by atoms with van der Waals surface area (Å²) in [6, 6.07) is 27.4. The summed E-state index contributed by atoms with van der Waals surface area (Å²) in [5, 5.41) is 1.25. The number of H-pyrrole nitrogens is 1. The van der Waals surface area contributed by atoms with E-state index in [1.54, 1.807) is 11.8 Å². The molecule has 0 saturated carbocycles. The number of hydrogen-bond donors (Lipinski definition) is 1. The van der Waals surface area contributed by atoms with Crippen LogP contribution in [0.1, 0.15) is 19.8 Å². The van der Waals surface area contributed by atoms with Gasteiger partial charge < -0.3 is 9.72 Å². The summed E-state index contributed by atoms with van der Waals surface area (Å²) in [5.74, 6) is 0.931. The summed E-state index contributed by atoms with van der Waals surface area (Å²) in [7, 11) is 0. The number of unbranched alkanes of at least 4 members (excludes halogenated alkanes) is 1. The Morgan fingerprint density at radius 2 is 1.59 bits per heavy atom. The average Bonchev–Trinajstić information content (AvgIpc) is 3.08. The van der Waals surface area contributed by atoms with Gasteiger partial charge in [0.25, 0.3) is 0 Å². The molecule has 3 heteroatoms. The molecular weight excluding hydrogens is 350 g/mol. The van der Waals surface area contributed by atoms with Crippen LogP contribution < -0.4 is 4.74 Å². The van der Waals surface area contributed by atoms with E-state index in [9.17, 15) is 0 Å². The van der Waals surface area contributed by atoms with Gasteiger partial charge in [0.1, 0.15) is 5.75 Å². The van der Waals surface area contributed by atoms with E-state index in [1.165, 1.54) is 20.7 Å². The fraction of sp³-hybridized carbons (Fsp3) is 0.167. The summed E-state index contributed by atoms with van der Waals surface area (Å²) in [5.41, 5.74) is 3.49. The van der Waals surface area contributed by atoms with E-state index in [2.05, 4.69) is 90.8 Å². The number of aromatic nitrogens is 1. The zero-order valence-corrected chi connectivity index (χ0v) is 16.3. The van der Waals surface area contributed by atoms with Crippen LogP contribution in [-0.4, -0.2) is 11.6 Å². The number of aromatic amines is 1. The predicted molar refractivity (Wildman–Crippen MR) is 115 cm³/mol. The molecule has 4 rings (SSSR count). The van der Waals surface area contributed by atoms with Crippen LogP contribution in [0.5, 0.6) is 5.75 Å². The Hall–Kier alpha value is -2.65. The Labute approximate surface area is 164 Å². The smallest absolute Gasteiger partial charge is 0.119 e. The predicted octanol–water partition coefficient (Wildman–Crippen LogP) is 7.17. The van der Waals surface area contributed by atoms with Gasteiger partial charge in [-0.25, -0.2) is 0 Å². The molecule has 0 aliphatic rings. The van der Waals surface area contributed by atoms with Crippen molar-refractivity contribution in [1.29, 1.82) is 0 Å². The zero-order chi connectivity index (χ0) is 18.5. The van der Waals surface area contributed by atoms with Gasteiger partial charge in [-0.2, -0.15) is 0 Å². The normalized spacial score (nSPS) is 11.0. The Kier molecular flexibility index (Phi) is 5.50. The van der Waals surface area contributed by atoms with E-state index >= 15 is 0 Å². The van der Waals surface area contributed by atoms with E-state index in [1.807, 2.05) is 0 Å². The molecule has 0 spiro atoms. The van der Waals surface area contributed by atoms with Crippen LogP contribution in [0.2, 0.25) is 0 Å². The third kappa shape index (κ3) is 4.04. The molecule has 4 aromatic rings. The van der Waals surface area contributed by atoms with Crippen molar-refractivity contribution in [3.05, 3.63) is 78.9 Å². The maximum absolute atomic E-state index is 5.81. The van der Waals surface area contributed by atoms with Crippen molar-refractivity contribution in [1.82, 2.24) is 4.98 Å². The fourth-order valence-electron chi connectivity index (χ4n) is 3.08. The Morgan fingerprint density at radius 3 is 2.37 bits per heavy atom. The number of fused-ring (bicyclic) bond motifs is 1. The summed E-state index contributed by atoms with van der Waals surface area (Å²) in [6.45, 7) is 2.95. The highest BCUT2D eigenvalue weighted by molar-refractivity contribution is 7.99. The highest BCUT2D eigenvalue weighted by atomic mass is 32.2. The van der Waals surface area contributed by atoms with Gasteiger partial charge >= 0.3 is 0 Å². The molecule has 0 atom stereocenters. The van der Waals surface area contributed by atoms with Crippen molar-refractivity contribution in [2.75, 3.05) is 6.61 Å². The van der Waals surface area contributed by atoms with E-state index < -0.39 is 0 Å².